The number of Topliss-reactive ketones (excluding diaryl/α,β-unsaturated/α-hetero) is 1. The average Bonchev–Trinajstić information content (AvgIpc) is 2.27. The second-order valence-corrected chi connectivity index (χ2v) is 4.94. The lowest BCUT2D eigenvalue weighted by atomic mass is 9.79. The highest BCUT2D eigenvalue weighted by molar-refractivity contribution is 6.32. The molecule has 0 atom stereocenters. The fourth-order valence-electron chi connectivity index (χ4n) is 2.03. The first-order chi connectivity index (χ1) is 8.29. The summed E-state index contributed by atoms with van der Waals surface area (Å²) >= 11 is 0. The number of para-hydroxylation sites is 1. The summed E-state index contributed by atoms with van der Waals surface area (Å²) in [5, 5.41) is 8.69. The van der Waals surface area contributed by atoms with E-state index in [0.717, 1.165) is 11.1 Å². The smallest absolute Gasteiger partial charge is 0.372 e. The van der Waals surface area contributed by atoms with Crippen LogP contribution in [0.1, 0.15) is 31.4 Å². The molecule has 0 saturated carbocycles. The molecule has 0 saturated heterocycles. The van der Waals surface area contributed by atoms with E-state index in [2.05, 4.69) is 0 Å². The zero-order chi connectivity index (χ0) is 13.9. The fourth-order valence-corrected chi connectivity index (χ4v) is 2.03. The first kappa shape index (κ1) is 14.2. The van der Waals surface area contributed by atoms with Crippen LogP contribution in [0.5, 0.6) is 5.75 Å². The van der Waals surface area contributed by atoms with Crippen molar-refractivity contribution in [2.75, 3.05) is 7.11 Å². The largest absolute Gasteiger partial charge is 0.496 e. The van der Waals surface area contributed by atoms with Crippen LogP contribution >= 0.6 is 0 Å². The van der Waals surface area contributed by atoms with E-state index in [1.165, 1.54) is 0 Å². The zero-order valence-corrected chi connectivity index (χ0v) is 11.1. The maximum absolute atomic E-state index is 11.4. The maximum atomic E-state index is 11.4. The summed E-state index contributed by atoms with van der Waals surface area (Å²) in [6.45, 7) is 5.59. The van der Waals surface area contributed by atoms with Crippen LogP contribution in [0, 0.1) is 6.92 Å². The van der Waals surface area contributed by atoms with E-state index in [-0.39, 0.29) is 6.42 Å². The van der Waals surface area contributed by atoms with E-state index in [1.807, 2.05) is 39.0 Å². The van der Waals surface area contributed by atoms with Crippen molar-refractivity contribution in [1.82, 2.24) is 0 Å². The second kappa shape index (κ2) is 5.21. The third kappa shape index (κ3) is 2.88. The van der Waals surface area contributed by atoms with Crippen molar-refractivity contribution in [2.24, 2.45) is 0 Å². The van der Waals surface area contributed by atoms with Gasteiger partial charge in [0.1, 0.15) is 5.75 Å². The highest BCUT2D eigenvalue weighted by atomic mass is 16.5. The predicted molar refractivity (Wildman–Crippen MR) is 68.0 cm³/mol. The van der Waals surface area contributed by atoms with Crippen molar-refractivity contribution in [2.45, 2.75) is 32.6 Å². The van der Waals surface area contributed by atoms with Gasteiger partial charge in [-0.1, -0.05) is 32.0 Å². The Morgan fingerprint density at radius 3 is 2.44 bits per heavy atom. The maximum Gasteiger partial charge on any atom is 0.372 e. The van der Waals surface area contributed by atoms with Crippen LogP contribution in [0.2, 0.25) is 0 Å². The van der Waals surface area contributed by atoms with Crippen molar-refractivity contribution in [3.63, 3.8) is 0 Å². The van der Waals surface area contributed by atoms with Crippen molar-refractivity contribution >= 4 is 11.8 Å². The number of benzene rings is 1. The number of rotatable bonds is 5. The Kier molecular flexibility index (Phi) is 4.11. The molecule has 0 aromatic heterocycles. The summed E-state index contributed by atoms with van der Waals surface area (Å²) in [7, 11) is 1.57. The van der Waals surface area contributed by atoms with Gasteiger partial charge in [0.2, 0.25) is 5.78 Å². The topological polar surface area (TPSA) is 63.6 Å². The Bertz CT molecular complexity index is 475. The lowest BCUT2D eigenvalue weighted by Crippen LogP contribution is -2.26. The van der Waals surface area contributed by atoms with Gasteiger partial charge in [-0.25, -0.2) is 4.79 Å². The quantitative estimate of drug-likeness (QED) is 0.814. The van der Waals surface area contributed by atoms with Crippen molar-refractivity contribution < 1.29 is 19.4 Å². The lowest BCUT2D eigenvalue weighted by molar-refractivity contribution is -0.149. The molecule has 1 rings (SSSR count). The Morgan fingerprint density at radius 1 is 1.33 bits per heavy atom. The predicted octanol–water partition coefficient (Wildman–Crippen LogP) is 2.33. The van der Waals surface area contributed by atoms with Crippen LogP contribution in [0.25, 0.3) is 0 Å². The van der Waals surface area contributed by atoms with Crippen molar-refractivity contribution in [1.29, 1.82) is 0 Å². The molecule has 0 aliphatic carbocycles. The molecule has 0 spiro atoms. The molecule has 0 bridgehead atoms. The van der Waals surface area contributed by atoms with E-state index >= 15 is 0 Å². The molecular weight excluding hydrogens is 232 g/mol. The van der Waals surface area contributed by atoms with Gasteiger partial charge in [0.05, 0.1) is 7.11 Å². The third-order valence-electron chi connectivity index (χ3n) is 2.99. The number of ketones is 1. The van der Waals surface area contributed by atoms with E-state index in [9.17, 15) is 9.59 Å². The third-order valence-corrected chi connectivity index (χ3v) is 2.99. The Morgan fingerprint density at radius 2 is 1.94 bits per heavy atom. The van der Waals surface area contributed by atoms with Gasteiger partial charge in [-0.05, 0) is 12.5 Å². The van der Waals surface area contributed by atoms with E-state index in [4.69, 9.17) is 9.84 Å². The summed E-state index contributed by atoms with van der Waals surface area (Å²) in [5.41, 5.74) is 1.23. The van der Waals surface area contributed by atoms with Gasteiger partial charge in [-0.2, -0.15) is 0 Å². The van der Waals surface area contributed by atoms with Gasteiger partial charge in [0, 0.05) is 17.4 Å². The number of carbonyl (C=O) groups excluding carboxylic acids is 1. The Labute approximate surface area is 107 Å². The average molecular weight is 250 g/mol. The summed E-state index contributed by atoms with van der Waals surface area (Å²) in [6, 6.07) is 5.65. The van der Waals surface area contributed by atoms with Crippen molar-refractivity contribution in [3.8, 4) is 5.75 Å². The summed E-state index contributed by atoms with van der Waals surface area (Å²) in [4.78, 5) is 22.0. The number of hydrogen-bond acceptors (Lipinski definition) is 3. The second-order valence-electron chi connectivity index (χ2n) is 4.94. The highest BCUT2D eigenvalue weighted by Gasteiger charge is 2.30. The van der Waals surface area contributed by atoms with Gasteiger partial charge in [-0.3, -0.25) is 4.79 Å². The van der Waals surface area contributed by atoms with Crippen molar-refractivity contribution in [3.05, 3.63) is 29.3 Å². The number of hydrogen-bond donors (Lipinski definition) is 1. The zero-order valence-electron chi connectivity index (χ0n) is 11.1. The number of methoxy groups -OCH3 is 1. The number of aliphatic carboxylic acids is 1. The highest BCUT2D eigenvalue weighted by Crippen LogP contribution is 2.36. The summed E-state index contributed by atoms with van der Waals surface area (Å²) in [6.07, 6.45) is -0.0534. The normalized spacial score (nSPS) is 11.1. The van der Waals surface area contributed by atoms with Gasteiger partial charge in [0.15, 0.2) is 0 Å². The Hall–Kier alpha value is -1.84. The SMILES string of the molecule is COc1c(C)cccc1C(C)(C)CC(=O)C(=O)O. The minimum atomic E-state index is -1.39. The number of aryl methyl sites for hydroxylation is 1. The monoisotopic (exact) mass is 250 g/mol. The number of carboxylic acids is 1. The lowest BCUT2D eigenvalue weighted by Gasteiger charge is -2.26. The molecule has 1 N–H and O–H groups in total. The molecule has 18 heavy (non-hydrogen) atoms. The number of carboxylic acid groups (broad SMARTS) is 1. The fraction of sp³-hybridized carbons (Fsp3) is 0.429. The summed E-state index contributed by atoms with van der Waals surface area (Å²) < 4.78 is 5.35. The molecule has 98 valence electrons. The number of ether oxygens (including phenoxy) is 1. The number of carbonyl (C=O) groups is 2. The molecule has 0 aliphatic heterocycles. The van der Waals surface area contributed by atoms with E-state index in [0.29, 0.717) is 5.75 Å². The molecule has 0 unspecified atom stereocenters. The molecule has 1 aromatic rings. The van der Waals surface area contributed by atoms with E-state index < -0.39 is 17.2 Å². The van der Waals surface area contributed by atoms with Gasteiger partial charge < -0.3 is 9.84 Å². The Balaban J connectivity index is 3.15. The molecule has 1 aromatic carbocycles. The standard InChI is InChI=1S/C14H18O4/c1-9-6-5-7-10(12(9)18-4)14(2,3)8-11(15)13(16)17/h5-7H,8H2,1-4H3,(H,16,17). The van der Waals surface area contributed by atoms with Crippen LogP contribution in [0.15, 0.2) is 18.2 Å². The molecule has 0 amide bonds. The van der Waals surface area contributed by atoms with E-state index in [1.54, 1.807) is 7.11 Å². The van der Waals surface area contributed by atoms with Gasteiger partial charge in [0.25, 0.3) is 0 Å². The molecule has 0 radical (unpaired) electrons. The first-order valence-electron chi connectivity index (χ1n) is 5.70. The summed E-state index contributed by atoms with van der Waals surface area (Å²) in [5.74, 6) is -1.47. The van der Waals surface area contributed by atoms with Crippen LogP contribution in [-0.2, 0) is 15.0 Å². The van der Waals surface area contributed by atoms with Gasteiger partial charge in [-0.15, -0.1) is 0 Å². The molecule has 0 aliphatic rings. The van der Waals surface area contributed by atoms with Crippen LogP contribution in [-0.4, -0.2) is 24.0 Å². The molecular formula is C14H18O4. The van der Waals surface area contributed by atoms with Crippen LogP contribution < -0.4 is 4.74 Å². The first-order valence-corrected chi connectivity index (χ1v) is 5.70. The van der Waals surface area contributed by atoms with Crippen LogP contribution in [0.3, 0.4) is 0 Å². The molecule has 0 heterocycles. The molecule has 0 fully saturated rings. The minimum absolute atomic E-state index is 0.0534. The van der Waals surface area contributed by atoms with Crippen LogP contribution in [0.4, 0.5) is 0 Å². The van der Waals surface area contributed by atoms with Gasteiger partial charge >= 0.3 is 5.97 Å². The minimum Gasteiger partial charge on any atom is -0.496 e. The molecule has 4 nitrogen and oxygen atoms in total. The molecule has 4 heteroatoms.